The van der Waals surface area contributed by atoms with Crippen LogP contribution in [-0.4, -0.2) is 45.0 Å². The number of carbonyl (C=O) groups is 1. The first kappa shape index (κ1) is 14.4. The summed E-state index contributed by atoms with van der Waals surface area (Å²) in [5, 5.41) is 0.567. The van der Waals surface area contributed by atoms with Gasteiger partial charge < -0.3 is 9.47 Å². The van der Waals surface area contributed by atoms with Crippen LogP contribution in [0.5, 0.6) is 0 Å². The predicted molar refractivity (Wildman–Crippen MR) is 87.7 cm³/mol. The standard InChI is InChI=1S/C16H21N3OS/c1-18-10-17-12-9-11(7-8-13(12)18)16(20)19(2)14-5-4-6-15(14)21-3/h7-10,14-15H,4-6H2,1-3H3/t14-,15-/m1/s1. The third-order valence-corrected chi connectivity index (χ3v) is 5.67. The number of fused-ring (bicyclic) bond motifs is 1. The number of rotatable bonds is 3. The molecule has 0 radical (unpaired) electrons. The molecule has 1 amide bonds. The zero-order valence-corrected chi connectivity index (χ0v) is 13.6. The normalized spacial score (nSPS) is 21.9. The van der Waals surface area contributed by atoms with Crippen LogP contribution in [0.2, 0.25) is 0 Å². The molecule has 0 aliphatic heterocycles. The molecule has 2 aromatic rings. The van der Waals surface area contributed by atoms with E-state index in [9.17, 15) is 4.79 Å². The van der Waals surface area contributed by atoms with Crippen molar-refractivity contribution in [3.63, 3.8) is 0 Å². The summed E-state index contributed by atoms with van der Waals surface area (Å²) in [7, 11) is 3.90. The highest BCUT2D eigenvalue weighted by atomic mass is 32.2. The number of hydrogen-bond acceptors (Lipinski definition) is 3. The smallest absolute Gasteiger partial charge is 0.253 e. The van der Waals surface area contributed by atoms with Gasteiger partial charge in [0, 0.05) is 31.0 Å². The van der Waals surface area contributed by atoms with Crippen molar-refractivity contribution in [2.24, 2.45) is 7.05 Å². The van der Waals surface area contributed by atoms with E-state index in [1.165, 1.54) is 12.8 Å². The van der Waals surface area contributed by atoms with E-state index in [0.717, 1.165) is 23.0 Å². The van der Waals surface area contributed by atoms with Gasteiger partial charge in [-0.2, -0.15) is 11.8 Å². The second-order valence-electron chi connectivity index (χ2n) is 5.75. The highest BCUT2D eigenvalue weighted by molar-refractivity contribution is 7.99. The van der Waals surface area contributed by atoms with E-state index in [1.54, 1.807) is 6.33 Å². The second kappa shape index (κ2) is 5.72. The van der Waals surface area contributed by atoms with Gasteiger partial charge in [-0.25, -0.2) is 4.98 Å². The van der Waals surface area contributed by atoms with Gasteiger partial charge in [-0.1, -0.05) is 6.42 Å². The summed E-state index contributed by atoms with van der Waals surface area (Å²) < 4.78 is 1.97. The predicted octanol–water partition coefficient (Wildman–Crippen LogP) is 2.93. The Morgan fingerprint density at radius 1 is 1.43 bits per heavy atom. The van der Waals surface area contributed by atoms with E-state index >= 15 is 0 Å². The molecule has 1 saturated carbocycles. The summed E-state index contributed by atoms with van der Waals surface area (Å²) in [6.45, 7) is 0. The Balaban J connectivity index is 1.85. The van der Waals surface area contributed by atoms with Crippen LogP contribution in [0.25, 0.3) is 11.0 Å². The van der Waals surface area contributed by atoms with Crippen LogP contribution in [0.3, 0.4) is 0 Å². The van der Waals surface area contributed by atoms with E-state index < -0.39 is 0 Å². The lowest BCUT2D eigenvalue weighted by atomic mass is 10.1. The highest BCUT2D eigenvalue weighted by Gasteiger charge is 2.32. The van der Waals surface area contributed by atoms with Crippen molar-refractivity contribution in [2.75, 3.05) is 13.3 Å². The minimum Gasteiger partial charge on any atom is -0.338 e. The van der Waals surface area contributed by atoms with Crippen molar-refractivity contribution in [1.29, 1.82) is 0 Å². The largest absolute Gasteiger partial charge is 0.338 e. The SMILES string of the molecule is CS[C@@H]1CCC[C@H]1N(C)C(=O)c1ccc2c(c1)ncn2C. The maximum absolute atomic E-state index is 12.7. The molecular formula is C16H21N3OS. The molecule has 1 heterocycles. The fourth-order valence-corrected chi connectivity index (χ4v) is 4.28. The molecule has 1 aliphatic rings. The van der Waals surface area contributed by atoms with Crippen molar-refractivity contribution in [1.82, 2.24) is 14.5 Å². The number of imidazole rings is 1. The molecule has 1 aromatic heterocycles. The van der Waals surface area contributed by atoms with Gasteiger partial charge in [0.05, 0.1) is 17.4 Å². The molecule has 3 rings (SSSR count). The summed E-state index contributed by atoms with van der Waals surface area (Å²) in [6, 6.07) is 6.14. The van der Waals surface area contributed by atoms with E-state index in [2.05, 4.69) is 11.2 Å². The Hall–Kier alpha value is -1.49. The molecule has 5 heteroatoms. The molecule has 0 unspecified atom stereocenters. The third kappa shape index (κ3) is 2.55. The molecule has 21 heavy (non-hydrogen) atoms. The Morgan fingerprint density at radius 2 is 2.24 bits per heavy atom. The van der Waals surface area contributed by atoms with Crippen LogP contribution >= 0.6 is 11.8 Å². The minimum absolute atomic E-state index is 0.105. The molecule has 1 aromatic carbocycles. The van der Waals surface area contributed by atoms with Gasteiger partial charge in [0.15, 0.2) is 0 Å². The summed E-state index contributed by atoms with van der Waals surface area (Å²) in [5.41, 5.74) is 2.66. The summed E-state index contributed by atoms with van der Waals surface area (Å²) in [6.07, 6.45) is 7.46. The Morgan fingerprint density at radius 3 is 3.00 bits per heavy atom. The summed E-state index contributed by atoms with van der Waals surface area (Å²) >= 11 is 1.88. The van der Waals surface area contributed by atoms with Gasteiger partial charge in [-0.15, -0.1) is 0 Å². The number of carbonyl (C=O) groups excluding carboxylic acids is 1. The molecule has 0 spiro atoms. The molecule has 1 fully saturated rings. The van der Waals surface area contributed by atoms with Crippen LogP contribution in [0.4, 0.5) is 0 Å². The van der Waals surface area contributed by atoms with Gasteiger partial charge in [0.25, 0.3) is 5.91 Å². The van der Waals surface area contributed by atoms with E-state index in [1.807, 2.05) is 53.5 Å². The number of hydrogen-bond donors (Lipinski definition) is 0. The Kier molecular flexibility index (Phi) is 3.93. The van der Waals surface area contributed by atoms with Crippen molar-refractivity contribution in [2.45, 2.75) is 30.6 Å². The van der Waals surface area contributed by atoms with Crippen LogP contribution < -0.4 is 0 Å². The van der Waals surface area contributed by atoms with Crippen LogP contribution in [0.1, 0.15) is 29.6 Å². The van der Waals surface area contributed by atoms with Crippen molar-refractivity contribution in [3.8, 4) is 0 Å². The molecule has 0 bridgehead atoms. The first-order valence-corrected chi connectivity index (χ1v) is 8.61. The number of thioether (sulfide) groups is 1. The first-order chi connectivity index (χ1) is 10.1. The lowest BCUT2D eigenvalue weighted by Gasteiger charge is -2.29. The highest BCUT2D eigenvalue weighted by Crippen LogP contribution is 2.32. The van der Waals surface area contributed by atoms with Crippen molar-refractivity contribution in [3.05, 3.63) is 30.1 Å². The molecule has 0 N–H and O–H groups in total. The maximum atomic E-state index is 12.7. The Labute approximate surface area is 129 Å². The first-order valence-electron chi connectivity index (χ1n) is 7.33. The number of aromatic nitrogens is 2. The number of nitrogens with zero attached hydrogens (tertiary/aromatic N) is 3. The van der Waals surface area contributed by atoms with E-state index in [4.69, 9.17) is 0 Å². The second-order valence-corrected chi connectivity index (χ2v) is 6.82. The van der Waals surface area contributed by atoms with Gasteiger partial charge in [-0.3, -0.25) is 4.79 Å². The zero-order chi connectivity index (χ0) is 15.0. The fraction of sp³-hybridized carbons (Fsp3) is 0.500. The summed E-state index contributed by atoms with van der Waals surface area (Å²) in [4.78, 5) is 19.0. The van der Waals surface area contributed by atoms with Crippen molar-refractivity contribution < 1.29 is 4.79 Å². The van der Waals surface area contributed by atoms with Crippen LogP contribution in [0.15, 0.2) is 24.5 Å². The van der Waals surface area contributed by atoms with Crippen LogP contribution in [0, 0.1) is 0 Å². The number of aryl methyl sites for hydroxylation is 1. The number of amides is 1. The van der Waals surface area contributed by atoms with Gasteiger partial charge in [0.1, 0.15) is 0 Å². The lowest BCUT2D eigenvalue weighted by Crippen LogP contribution is -2.40. The molecule has 0 saturated heterocycles. The third-order valence-electron chi connectivity index (χ3n) is 4.51. The average molecular weight is 303 g/mol. The molecule has 2 atom stereocenters. The summed E-state index contributed by atoms with van der Waals surface area (Å²) in [5.74, 6) is 0.105. The van der Waals surface area contributed by atoms with Gasteiger partial charge >= 0.3 is 0 Å². The minimum atomic E-state index is 0.105. The van der Waals surface area contributed by atoms with Gasteiger partial charge in [-0.05, 0) is 37.3 Å². The Bertz CT molecular complexity index is 667. The topological polar surface area (TPSA) is 38.1 Å². The molecule has 1 aliphatic carbocycles. The lowest BCUT2D eigenvalue weighted by molar-refractivity contribution is 0.0738. The number of benzene rings is 1. The van der Waals surface area contributed by atoms with Crippen molar-refractivity contribution >= 4 is 28.7 Å². The monoisotopic (exact) mass is 303 g/mol. The molecular weight excluding hydrogens is 282 g/mol. The van der Waals surface area contributed by atoms with E-state index in [-0.39, 0.29) is 5.91 Å². The quantitative estimate of drug-likeness (QED) is 0.875. The van der Waals surface area contributed by atoms with Gasteiger partial charge in [0.2, 0.25) is 0 Å². The zero-order valence-electron chi connectivity index (χ0n) is 12.7. The average Bonchev–Trinajstić information content (AvgIpc) is 3.12. The molecule has 4 nitrogen and oxygen atoms in total. The maximum Gasteiger partial charge on any atom is 0.253 e. The molecule has 112 valence electrons. The van der Waals surface area contributed by atoms with E-state index in [0.29, 0.717) is 11.3 Å². The fourth-order valence-electron chi connectivity index (χ4n) is 3.25. The van der Waals surface area contributed by atoms with Crippen LogP contribution in [-0.2, 0) is 7.05 Å².